The summed E-state index contributed by atoms with van der Waals surface area (Å²) in [7, 11) is 1.83. The van der Waals surface area contributed by atoms with Gasteiger partial charge in [-0.1, -0.05) is 0 Å². The van der Waals surface area contributed by atoms with Crippen molar-refractivity contribution in [3.8, 4) is 22.8 Å². The number of nitrogens with zero attached hydrogens (tertiary/aromatic N) is 5. The summed E-state index contributed by atoms with van der Waals surface area (Å²) in [6.07, 6.45) is 5.20. The Balaban J connectivity index is 1.87. The summed E-state index contributed by atoms with van der Waals surface area (Å²) in [5.41, 5.74) is 2.04. The van der Waals surface area contributed by atoms with Crippen molar-refractivity contribution in [3.63, 3.8) is 0 Å². The summed E-state index contributed by atoms with van der Waals surface area (Å²) < 4.78 is 7.45. The van der Waals surface area contributed by atoms with Crippen LogP contribution < -0.4 is 4.74 Å². The maximum absolute atomic E-state index is 10.7. The molecule has 0 unspecified atom stereocenters. The first-order valence-corrected chi connectivity index (χ1v) is 6.78. The van der Waals surface area contributed by atoms with Crippen LogP contribution in [0, 0.1) is 17.0 Å². The Morgan fingerprint density at radius 2 is 2.13 bits per heavy atom. The van der Waals surface area contributed by atoms with Crippen molar-refractivity contribution in [1.82, 2.24) is 19.7 Å². The lowest BCUT2D eigenvalue weighted by atomic mass is 10.2. The molecule has 0 N–H and O–H groups in total. The molecular formula is C15H13N5O3. The van der Waals surface area contributed by atoms with Gasteiger partial charge in [-0.25, -0.2) is 0 Å². The summed E-state index contributed by atoms with van der Waals surface area (Å²) in [4.78, 5) is 18.4. The van der Waals surface area contributed by atoms with Gasteiger partial charge in [0.2, 0.25) is 0 Å². The minimum atomic E-state index is -0.538. The van der Waals surface area contributed by atoms with Crippen molar-refractivity contribution in [2.75, 3.05) is 0 Å². The van der Waals surface area contributed by atoms with Crippen molar-refractivity contribution < 1.29 is 9.66 Å². The van der Waals surface area contributed by atoms with Crippen LogP contribution in [0.15, 0.2) is 42.9 Å². The van der Waals surface area contributed by atoms with E-state index in [0.29, 0.717) is 17.2 Å². The standard InChI is InChI=1S/C15H13N5O3/c1-10-14(3-4-15(18-10)20(21)22)23-12-5-6-16-13(7-12)11-8-17-19(2)9-11/h3-9H,1-2H3. The fraction of sp³-hybridized carbons (Fsp3) is 0.133. The van der Waals surface area contributed by atoms with Gasteiger partial charge >= 0.3 is 5.82 Å². The molecule has 0 saturated heterocycles. The Bertz CT molecular complexity index is 875. The van der Waals surface area contributed by atoms with Gasteiger partial charge in [0.05, 0.1) is 11.9 Å². The summed E-state index contributed by atoms with van der Waals surface area (Å²) in [5.74, 6) is 0.817. The van der Waals surface area contributed by atoms with Gasteiger partial charge in [-0.15, -0.1) is 0 Å². The minimum absolute atomic E-state index is 0.208. The fourth-order valence-corrected chi connectivity index (χ4v) is 2.06. The van der Waals surface area contributed by atoms with Crippen LogP contribution in [0.1, 0.15) is 5.69 Å². The number of aryl methyl sites for hydroxylation is 2. The van der Waals surface area contributed by atoms with E-state index in [9.17, 15) is 10.1 Å². The van der Waals surface area contributed by atoms with E-state index in [1.165, 1.54) is 12.1 Å². The van der Waals surface area contributed by atoms with Crippen molar-refractivity contribution in [1.29, 1.82) is 0 Å². The molecule has 116 valence electrons. The second kappa shape index (κ2) is 5.84. The highest BCUT2D eigenvalue weighted by atomic mass is 16.6. The first kappa shape index (κ1) is 14.6. The Kier molecular flexibility index (Phi) is 3.71. The Hall–Kier alpha value is -3.29. The molecule has 0 fully saturated rings. The SMILES string of the molecule is Cc1nc([N+](=O)[O-])ccc1Oc1ccnc(-c2cnn(C)c2)c1. The van der Waals surface area contributed by atoms with Crippen LogP contribution in [-0.2, 0) is 7.05 Å². The van der Waals surface area contributed by atoms with Crippen LogP contribution in [0.2, 0.25) is 0 Å². The smallest absolute Gasteiger partial charge is 0.363 e. The summed E-state index contributed by atoms with van der Waals surface area (Å²) in [6.45, 7) is 1.66. The average molecular weight is 311 g/mol. The first-order valence-electron chi connectivity index (χ1n) is 6.78. The largest absolute Gasteiger partial charge is 0.453 e. The third kappa shape index (κ3) is 3.15. The molecule has 8 nitrogen and oxygen atoms in total. The van der Waals surface area contributed by atoms with E-state index in [0.717, 1.165) is 11.3 Å². The van der Waals surface area contributed by atoms with Gasteiger partial charge in [-0.05, 0) is 22.0 Å². The number of hydrogen-bond acceptors (Lipinski definition) is 6. The maximum Gasteiger partial charge on any atom is 0.363 e. The van der Waals surface area contributed by atoms with Crippen LogP contribution in [0.4, 0.5) is 5.82 Å². The van der Waals surface area contributed by atoms with E-state index < -0.39 is 4.92 Å². The van der Waals surface area contributed by atoms with Gasteiger partial charge in [-0.3, -0.25) is 9.67 Å². The lowest BCUT2D eigenvalue weighted by Crippen LogP contribution is -1.96. The van der Waals surface area contributed by atoms with E-state index >= 15 is 0 Å². The number of rotatable bonds is 4. The molecule has 0 atom stereocenters. The van der Waals surface area contributed by atoms with Gasteiger partial charge in [0.15, 0.2) is 11.4 Å². The normalized spacial score (nSPS) is 10.5. The van der Waals surface area contributed by atoms with E-state index in [-0.39, 0.29) is 5.82 Å². The molecule has 23 heavy (non-hydrogen) atoms. The van der Waals surface area contributed by atoms with Crippen LogP contribution in [0.3, 0.4) is 0 Å². The van der Waals surface area contributed by atoms with E-state index in [2.05, 4.69) is 15.1 Å². The molecule has 3 aromatic heterocycles. The molecule has 8 heteroatoms. The van der Waals surface area contributed by atoms with Gasteiger partial charge in [-0.2, -0.15) is 5.10 Å². The Morgan fingerprint density at radius 1 is 1.30 bits per heavy atom. The molecule has 0 spiro atoms. The quantitative estimate of drug-likeness (QED) is 0.543. The zero-order valence-corrected chi connectivity index (χ0v) is 12.5. The summed E-state index contributed by atoms with van der Waals surface area (Å²) in [5, 5.41) is 14.8. The summed E-state index contributed by atoms with van der Waals surface area (Å²) >= 11 is 0. The van der Waals surface area contributed by atoms with E-state index in [1.807, 2.05) is 13.2 Å². The Morgan fingerprint density at radius 3 is 2.78 bits per heavy atom. The number of ether oxygens (including phenoxy) is 1. The zero-order valence-electron chi connectivity index (χ0n) is 12.5. The number of nitro groups is 1. The lowest BCUT2D eigenvalue weighted by molar-refractivity contribution is -0.389. The van der Waals surface area contributed by atoms with Crippen LogP contribution >= 0.6 is 0 Å². The van der Waals surface area contributed by atoms with Crippen LogP contribution in [-0.4, -0.2) is 24.7 Å². The third-order valence-electron chi connectivity index (χ3n) is 3.17. The number of aromatic nitrogens is 4. The molecule has 0 aliphatic carbocycles. The second-order valence-electron chi connectivity index (χ2n) is 4.89. The first-order chi connectivity index (χ1) is 11.0. The molecule has 0 radical (unpaired) electrons. The predicted molar refractivity (Wildman–Crippen MR) is 82.1 cm³/mol. The van der Waals surface area contributed by atoms with Crippen LogP contribution in [0.25, 0.3) is 11.3 Å². The lowest BCUT2D eigenvalue weighted by Gasteiger charge is -2.07. The van der Waals surface area contributed by atoms with E-state index in [4.69, 9.17) is 4.74 Å². The molecule has 0 aliphatic heterocycles. The van der Waals surface area contributed by atoms with Crippen molar-refractivity contribution in [2.24, 2.45) is 7.05 Å². The zero-order chi connectivity index (χ0) is 16.4. The molecule has 0 amide bonds. The van der Waals surface area contributed by atoms with Gasteiger partial charge in [0.25, 0.3) is 0 Å². The minimum Gasteiger partial charge on any atom is -0.453 e. The number of hydrogen-bond donors (Lipinski definition) is 0. The highest BCUT2D eigenvalue weighted by molar-refractivity contribution is 5.58. The monoisotopic (exact) mass is 311 g/mol. The third-order valence-corrected chi connectivity index (χ3v) is 3.17. The highest BCUT2D eigenvalue weighted by Crippen LogP contribution is 2.28. The molecule has 0 aromatic carbocycles. The van der Waals surface area contributed by atoms with E-state index in [1.54, 1.807) is 36.1 Å². The highest BCUT2D eigenvalue weighted by Gasteiger charge is 2.14. The molecule has 3 aromatic rings. The van der Waals surface area contributed by atoms with Crippen molar-refractivity contribution in [3.05, 3.63) is 58.7 Å². The van der Waals surface area contributed by atoms with Crippen molar-refractivity contribution >= 4 is 5.82 Å². The summed E-state index contributed by atoms with van der Waals surface area (Å²) in [6, 6.07) is 6.33. The molecule has 0 saturated carbocycles. The topological polar surface area (TPSA) is 96.0 Å². The van der Waals surface area contributed by atoms with Crippen molar-refractivity contribution in [2.45, 2.75) is 6.92 Å². The molecule has 0 bridgehead atoms. The molecular weight excluding hydrogens is 298 g/mol. The predicted octanol–water partition coefficient (Wildman–Crippen LogP) is 2.89. The van der Waals surface area contributed by atoms with Gasteiger partial charge in [0.1, 0.15) is 5.75 Å². The molecule has 0 aliphatic rings. The van der Waals surface area contributed by atoms with Crippen LogP contribution in [0.5, 0.6) is 11.5 Å². The Labute approximate surface area is 131 Å². The second-order valence-corrected chi connectivity index (χ2v) is 4.89. The number of pyridine rings is 2. The molecule has 3 rings (SSSR count). The maximum atomic E-state index is 10.7. The fourth-order valence-electron chi connectivity index (χ4n) is 2.06. The average Bonchev–Trinajstić information content (AvgIpc) is 2.96. The van der Waals surface area contributed by atoms with Gasteiger partial charge < -0.3 is 14.9 Å². The van der Waals surface area contributed by atoms with Gasteiger partial charge in [0, 0.05) is 44.1 Å². The molecule has 3 heterocycles.